The second kappa shape index (κ2) is 8.36. The Hall–Kier alpha value is -2.05. The summed E-state index contributed by atoms with van der Waals surface area (Å²) < 4.78 is 5.61. The van der Waals surface area contributed by atoms with Crippen LogP contribution in [0.25, 0.3) is 11.3 Å². The molecule has 1 amide bonds. The van der Waals surface area contributed by atoms with Crippen LogP contribution in [0.4, 0.5) is 0 Å². The molecule has 0 aliphatic rings. The number of hydrogen-bond acceptors (Lipinski definition) is 4. The van der Waals surface area contributed by atoms with Gasteiger partial charge in [-0.15, -0.1) is 0 Å². The number of carboxylic acid groups (broad SMARTS) is 1. The van der Waals surface area contributed by atoms with Crippen LogP contribution in [-0.2, 0) is 16.0 Å². The van der Waals surface area contributed by atoms with Crippen molar-refractivity contribution < 1.29 is 19.1 Å². The van der Waals surface area contributed by atoms with E-state index in [1.807, 2.05) is 0 Å². The maximum absolute atomic E-state index is 11.9. The standard InChI is InChI=1S/C17H18Cl2N2O4/c1-9(2)16(17(23)24)21-14(22)5-6-15-20-8-13(25-15)11-4-3-10(18)7-12(11)19/h3-4,7-9,16H,5-6H2,1-2H3,(H,21,22)(H,23,24)/t16-/m0/s1. The minimum atomic E-state index is -1.06. The van der Waals surface area contributed by atoms with Gasteiger partial charge < -0.3 is 14.8 Å². The van der Waals surface area contributed by atoms with E-state index in [9.17, 15) is 9.59 Å². The molecule has 0 saturated heterocycles. The van der Waals surface area contributed by atoms with Crippen LogP contribution in [0.3, 0.4) is 0 Å². The maximum atomic E-state index is 11.9. The van der Waals surface area contributed by atoms with Crippen LogP contribution in [0.1, 0.15) is 26.2 Å². The van der Waals surface area contributed by atoms with Crippen molar-refractivity contribution in [3.05, 3.63) is 40.3 Å². The Balaban J connectivity index is 1.97. The van der Waals surface area contributed by atoms with E-state index in [0.29, 0.717) is 27.3 Å². The molecule has 25 heavy (non-hydrogen) atoms. The van der Waals surface area contributed by atoms with Gasteiger partial charge in [-0.25, -0.2) is 9.78 Å². The fourth-order valence-corrected chi connectivity index (χ4v) is 2.72. The second-order valence-corrected chi connectivity index (χ2v) is 6.71. The molecule has 1 aromatic heterocycles. The molecular weight excluding hydrogens is 367 g/mol. The largest absolute Gasteiger partial charge is 0.480 e. The van der Waals surface area contributed by atoms with Crippen LogP contribution in [0.15, 0.2) is 28.8 Å². The lowest BCUT2D eigenvalue weighted by molar-refractivity contribution is -0.143. The monoisotopic (exact) mass is 384 g/mol. The molecule has 0 radical (unpaired) electrons. The Morgan fingerprint density at radius 3 is 2.64 bits per heavy atom. The number of carboxylic acids is 1. The molecule has 0 fully saturated rings. The Bertz CT molecular complexity index is 774. The molecular formula is C17H18Cl2N2O4. The lowest BCUT2D eigenvalue weighted by Crippen LogP contribution is -2.44. The van der Waals surface area contributed by atoms with E-state index in [2.05, 4.69) is 10.3 Å². The second-order valence-electron chi connectivity index (χ2n) is 5.87. The lowest BCUT2D eigenvalue weighted by atomic mass is 10.0. The number of carbonyl (C=O) groups excluding carboxylic acids is 1. The summed E-state index contributed by atoms with van der Waals surface area (Å²) in [5, 5.41) is 12.5. The SMILES string of the molecule is CC(C)[C@H](NC(=O)CCc1ncc(-c2ccc(Cl)cc2Cl)o1)C(=O)O. The highest BCUT2D eigenvalue weighted by molar-refractivity contribution is 6.36. The number of halogens is 2. The molecule has 1 atom stereocenters. The molecule has 0 aliphatic heterocycles. The Kier molecular flexibility index (Phi) is 6.45. The van der Waals surface area contributed by atoms with Gasteiger partial charge in [0.15, 0.2) is 11.7 Å². The summed E-state index contributed by atoms with van der Waals surface area (Å²) in [7, 11) is 0. The number of rotatable bonds is 7. The van der Waals surface area contributed by atoms with Crippen molar-refractivity contribution in [2.75, 3.05) is 0 Å². The summed E-state index contributed by atoms with van der Waals surface area (Å²) in [6.07, 6.45) is 1.85. The average molecular weight is 385 g/mol. The first-order valence-electron chi connectivity index (χ1n) is 7.70. The maximum Gasteiger partial charge on any atom is 0.326 e. The number of amides is 1. The number of hydrogen-bond donors (Lipinski definition) is 2. The first-order chi connectivity index (χ1) is 11.8. The summed E-state index contributed by atoms with van der Waals surface area (Å²) >= 11 is 12.0. The molecule has 0 saturated carbocycles. The van der Waals surface area contributed by atoms with Gasteiger partial charge in [-0.2, -0.15) is 0 Å². The third kappa shape index (κ3) is 5.21. The van der Waals surface area contributed by atoms with E-state index in [1.54, 1.807) is 32.0 Å². The number of aryl methyl sites for hydroxylation is 1. The molecule has 2 rings (SSSR count). The smallest absolute Gasteiger partial charge is 0.326 e. The van der Waals surface area contributed by atoms with Crippen molar-refractivity contribution >= 4 is 35.1 Å². The number of benzene rings is 1. The van der Waals surface area contributed by atoms with Crippen LogP contribution in [0.5, 0.6) is 0 Å². The Morgan fingerprint density at radius 1 is 1.32 bits per heavy atom. The predicted octanol–water partition coefficient (Wildman–Crippen LogP) is 3.81. The number of carbonyl (C=O) groups is 2. The van der Waals surface area contributed by atoms with Gasteiger partial charge in [0, 0.05) is 23.4 Å². The average Bonchev–Trinajstić information content (AvgIpc) is 2.98. The number of oxazole rings is 1. The third-order valence-corrected chi connectivity index (χ3v) is 4.11. The van der Waals surface area contributed by atoms with Crippen LogP contribution < -0.4 is 5.32 Å². The summed E-state index contributed by atoms with van der Waals surface area (Å²) in [6.45, 7) is 3.46. The number of nitrogens with zero attached hydrogens (tertiary/aromatic N) is 1. The van der Waals surface area contributed by atoms with E-state index in [0.717, 1.165) is 0 Å². The zero-order valence-corrected chi connectivity index (χ0v) is 15.3. The molecule has 2 N–H and O–H groups in total. The fraction of sp³-hybridized carbons (Fsp3) is 0.353. The first kappa shape index (κ1) is 19.3. The Morgan fingerprint density at radius 2 is 2.04 bits per heavy atom. The van der Waals surface area contributed by atoms with Crippen molar-refractivity contribution in [2.24, 2.45) is 5.92 Å². The minimum absolute atomic E-state index is 0.0742. The molecule has 1 aromatic carbocycles. The topological polar surface area (TPSA) is 92.4 Å². The molecule has 0 aliphatic carbocycles. The summed E-state index contributed by atoms with van der Waals surface area (Å²) in [6, 6.07) is 4.10. The highest BCUT2D eigenvalue weighted by Gasteiger charge is 2.23. The van der Waals surface area contributed by atoms with Crippen LogP contribution in [0.2, 0.25) is 10.0 Å². The fourth-order valence-electron chi connectivity index (χ4n) is 2.22. The number of aliphatic carboxylic acids is 1. The highest BCUT2D eigenvalue weighted by Crippen LogP contribution is 2.30. The van der Waals surface area contributed by atoms with Gasteiger partial charge in [0.2, 0.25) is 5.91 Å². The first-order valence-corrected chi connectivity index (χ1v) is 8.46. The summed E-state index contributed by atoms with van der Waals surface area (Å²) in [5.41, 5.74) is 0.653. The van der Waals surface area contributed by atoms with Crippen molar-refractivity contribution in [3.63, 3.8) is 0 Å². The van der Waals surface area contributed by atoms with E-state index in [-0.39, 0.29) is 24.7 Å². The van der Waals surface area contributed by atoms with E-state index in [4.69, 9.17) is 32.7 Å². The molecule has 6 nitrogen and oxygen atoms in total. The van der Waals surface area contributed by atoms with Crippen LogP contribution in [-0.4, -0.2) is 28.0 Å². The van der Waals surface area contributed by atoms with Crippen LogP contribution in [0, 0.1) is 5.92 Å². The third-order valence-electron chi connectivity index (χ3n) is 3.57. The van der Waals surface area contributed by atoms with Crippen molar-refractivity contribution in [1.82, 2.24) is 10.3 Å². The van der Waals surface area contributed by atoms with Crippen molar-refractivity contribution in [1.29, 1.82) is 0 Å². The molecule has 8 heteroatoms. The van der Waals surface area contributed by atoms with Gasteiger partial charge in [0.05, 0.1) is 11.2 Å². The number of aromatic nitrogens is 1. The minimum Gasteiger partial charge on any atom is -0.480 e. The van der Waals surface area contributed by atoms with Gasteiger partial charge in [-0.1, -0.05) is 37.0 Å². The van der Waals surface area contributed by atoms with Crippen LogP contribution >= 0.6 is 23.2 Å². The van der Waals surface area contributed by atoms with Gasteiger partial charge in [-0.3, -0.25) is 4.79 Å². The molecule has 2 aromatic rings. The summed E-state index contributed by atoms with van der Waals surface area (Å²) in [5.74, 6) is -0.790. The molecule has 0 spiro atoms. The van der Waals surface area contributed by atoms with E-state index in [1.165, 1.54) is 6.20 Å². The predicted molar refractivity (Wildman–Crippen MR) is 94.7 cm³/mol. The Labute approximate surface area is 155 Å². The number of nitrogens with one attached hydrogen (secondary N) is 1. The normalized spacial score (nSPS) is 12.2. The zero-order chi connectivity index (χ0) is 18.6. The molecule has 1 heterocycles. The van der Waals surface area contributed by atoms with E-state index >= 15 is 0 Å². The van der Waals surface area contributed by atoms with E-state index < -0.39 is 12.0 Å². The van der Waals surface area contributed by atoms with Gasteiger partial charge in [-0.05, 0) is 24.1 Å². The van der Waals surface area contributed by atoms with Gasteiger partial charge in [0.1, 0.15) is 6.04 Å². The molecule has 134 valence electrons. The summed E-state index contributed by atoms with van der Waals surface area (Å²) in [4.78, 5) is 27.1. The van der Waals surface area contributed by atoms with Gasteiger partial charge in [0.25, 0.3) is 0 Å². The zero-order valence-electron chi connectivity index (χ0n) is 13.8. The van der Waals surface area contributed by atoms with Gasteiger partial charge >= 0.3 is 5.97 Å². The van der Waals surface area contributed by atoms with Crippen molar-refractivity contribution in [3.8, 4) is 11.3 Å². The lowest BCUT2D eigenvalue weighted by Gasteiger charge is -2.17. The quantitative estimate of drug-likeness (QED) is 0.756. The molecule has 0 bridgehead atoms. The van der Waals surface area contributed by atoms with Crippen molar-refractivity contribution in [2.45, 2.75) is 32.7 Å². The molecule has 0 unspecified atom stereocenters. The highest BCUT2D eigenvalue weighted by atomic mass is 35.5.